The Morgan fingerprint density at radius 3 is 2.35 bits per heavy atom. The van der Waals surface area contributed by atoms with Crippen molar-refractivity contribution in [1.29, 1.82) is 0 Å². The maximum absolute atomic E-state index is 11.9. The standard InChI is InChI=1S/C14H19N3O3/c1-10(12-6-4-3-5-7-12)16-13(19)14(20)17(9-8-15)11(2)18/h3-7,10H,8-9,15H2,1-2H3,(H,16,19). The Bertz CT molecular complexity index is 488. The third-order valence-corrected chi connectivity index (χ3v) is 2.82. The molecule has 0 aliphatic heterocycles. The SMILES string of the molecule is CC(=O)N(CCN)C(=O)C(=O)NC(C)c1ccccc1. The maximum Gasteiger partial charge on any atom is 0.318 e. The molecule has 0 aliphatic carbocycles. The summed E-state index contributed by atoms with van der Waals surface area (Å²) in [6.07, 6.45) is 0. The van der Waals surface area contributed by atoms with Crippen LogP contribution in [-0.2, 0) is 14.4 Å². The van der Waals surface area contributed by atoms with E-state index >= 15 is 0 Å². The van der Waals surface area contributed by atoms with Gasteiger partial charge in [0.2, 0.25) is 5.91 Å². The number of rotatable bonds is 4. The molecule has 3 amide bonds. The van der Waals surface area contributed by atoms with E-state index < -0.39 is 17.7 Å². The number of carbonyl (C=O) groups is 3. The number of hydrogen-bond donors (Lipinski definition) is 2. The third kappa shape index (κ3) is 4.17. The molecule has 0 saturated heterocycles. The summed E-state index contributed by atoms with van der Waals surface area (Å²) < 4.78 is 0. The summed E-state index contributed by atoms with van der Waals surface area (Å²) in [5, 5.41) is 2.57. The van der Waals surface area contributed by atoms with E-state index in [-0.39, 0.29) is 19.1 Å². The number of hydrogen-bond acceptors (Lipinski definition) is 4. The van der Waals surface area contributed by atoms with Crippen molar-refractivity contribution >= 4 is 17.7 Å². The van der Waals surface area contributed by atoms with Gasteiger partial charge >= 0.3 is 11.8 Å². The summed E-state index contributed by atoms with van der Waals surface area (Å²) in [5.74, 6) is -2.20. The highest BCUT2D eigenvalue weighted by molar-refractivity contribution is 6.37. The van der Waals surface area contributed by atoms with Crippen LogP contribution in [0.2, 0.25) is 0 Å². The van der Waals surface area contributed by atoms with Gasteiger partial charge in [-0.15, -0.1) is 0 Å². The predicted molar refractivity (Wildman–Crippen MR) is 74.4 cm³/mol. The molecular formula is C14H19N3O3. The second-order valence-electron chi connectivity index (χ2n) is 4.37. The Balaban J connectivity index is 2.70. The molecule has 6 nitrogen and oxygen atoms in total. The normalized spacial score (nSPS) is 11.6. The second kappa shape index (κ2) is 7.40. The molecule has 0 bridgehead atoms. The van der Waals surface area contributed by atoms with Crippen LogP contribution >= 0.6 is 0 Å². The maximum atomic E-state index is 11.9. The van der Waals surface area contributed by atoms with Crippen molar-refractivity contribution in [2.75, 3.05) is 13.1 Å². The molecular weight excluding hydrogens is 258 g/mol. The molecule has 0 heterocycles. The van der Waals surface area contributed by atoms with Crippen molar-refractivity contribution in [3.63, 3.8) is 0 Å². The number of amides is 3. The fraction of sp³-hybridized carbons (Fsp3) is 0.357. The van der Waals surface area contributed by atoms with Gasteiger partial charge in [0.05, 0.1) is 6.04 Å². The first kappa shape index (κ1) is 15.8. The van der Waals surface area contributed by atoms with Gasteiger partial charge in [0, 0.05) is 20.0 Å². The first-order chi connectivity index (χ1) is 9.47. The molecule has 0 fully saturated rings. The average Bonchev–Trinajstić information content (AvgIpc) is 2.44. The zero-order valence-corrected chi connectivity index (χ0v) is 11.6. The minimum Gasteiger partial charge on any atom is -0.341 e. The minimum absolute atomic E-state index is 0.0291. The third-order valence-electron chi connectivity index (χ3n) is 2.82. The van der Waals surface area contributed by atoms with Crippen LogP contribution in [0.5, 0.6) is 0 Å². The van der Waals surface area contributed by atoms with Gasteiger partial charge in [-0.1, -0.05) is 30.3 Å². The van der Waals surface area contributed by atoms with Crippen LogP contribution in [0, 0.1) is 0 Å². The fourth-order valence-corrected chi connectivity index (χ4v) is 1.74. The van der Waals surface area contributed by atoms with Crippen molar-refractivity contribution in [3.05, 3.63) is 35.9 Å². The highest BCUT2D eigenvalue weighted by Crippen LogP contribution is 2.10. The number of carbonyl (C=O) groups excluding carboxylic acids is 3. The van der Waals surface area contributed by atoms with E-state index in [9.17, 15) is 14.4 Å². The lowest BCUT2D eigenvalue weighted by Gasteiger charge is -2.19. The minimum atomic E-state index is -0.884. The van der Waals surface area contributed by atoms with Gasteiger partial charge in [-0.25, -0.2) is 0 Å². The van der Waals surface area contributed by atoms with Crippen LogP contribution in [0.15, 0.2) is 30.3 Å². The summed E-state index contributed by atoms with van der Waals surface area (Å²) in [5.41, 5.74) is 6.20. The van der Waals surface area contributed by atoms with Crippen LogP contribution in [0.4, 0.5) is 0 Å². The lowest BCUT2D eigenvalue weighted by Crippen LogP contribution is -2.47. The summed E-state index contributed by atoms with van der Waals surface area (Å²) in [7, 11) is 0. The molecule has 20 heavy (non-hydrogen) atoms. The Morgan fingerprint density at radius 2 is 1.85 bits per heavy atom. The highest BCUT2D eigenvalue weighted by atomic mass is 16.2. The van der Waals surface area contributed by atoms with Crippen LogP contribution < -0.4 is 11.1 Å². The molecule has 0 aliphatic rings. The van der Waals surface area contributed by atoms with Crippen molar-refractivity contribution < 1.29 is 14.4 Å². The summed E-state index contributed by atoms with van der Waals surface area (Å²) in [4.78, 5) is 35.9. The van der Waals surface area contributed by atoms with Crippen LogP contribution in [0.3, 0.4) is 0 Å². The van der Waals surface area contributed by atoms with Gasteiger partial charge in [0.15, 0.2) is 0 Å². The monoisotopic (exact) mass is 277 g/mol. The number of benzene rings is 1. The van der Waals surface area contributed by atoms with E-state index in [1.54, 1.807) is 6.92 Å². The zero-order valence-electron chi connectivity index (χ0n) is 11.6. The van der Waals surface area contributed by atoms with Gasteiger partial charge in [-0.3, -0.25) is 19.3 Å². The Kier molecular flexibility index (Phi) is 5.86. The lowest BCUT2D eigenvalue weighted by molar-refractivity contribution is -0.152. The van der Waals surface area contributed by atoms with E-state index in [1.807, 2.05) is 30.3 Å². The number of nitrogens with zero attached hydrogens (tertiary/aromatic N) is 1. The van der Waals surface area contributed by atoms with Gasteiger partial charge in [0.25, 0.3) is 0 Å². The van der Waals surface area contributed by atoms with Crippen LogP contribution in [-0.4, -0.2) is 35.7 Å². The highest BCUT2D eigenvalue weighted by Gasteiger charge is 2.25. The quantitative estimate of drug-likeness (QED) is 0.769. The van der Waals surface area contributed by atoms with Gasteiger partial charge < -0.3 is 11.1 Å². The molecule has 108 valence electrons. The van der Waals surface area contributed by atoms with E-state index in [0.29, 0.717) is 0 Å². The first-order valence-corrected chi connectivity index (χ1v) is 6.35. The molecule has 0 saturated carbocycles. The van der Waals surface area contributed by atoms with E-state index in [1.165, 1.54) is 6.92 Å². The number of imide groups is 1. The van der Waals surface area contributed by atoms with Crippen molar-refractivity contribution in [2.24, 2.45) is 5.73 Å². The molecule has 0 radical (unpaired) electrons. The van der Waals surface area contributed by atoms with E-state index in [0.717, 1.165) is 10.5 Å². The summed E-state index contributed by atoms with van der Waals surface area (Å²) in [6, 6.07) is 8.92. The van der Waals surface area contributed by atoms with Crippen LogP contribution in [0.25, 0.3) is 0 Å². The van der Waals surface area contributed by atoms with Gasteiger partial charge in [-0.05, 0) is 12.5 Å². The largest absolute Gasteiger partial charge is 0.341 e. The Morgan fingerprint density at radius 1 is 1.25 bits per heavy atom. The summed E-state index contributed by atoms with van der Waals surface area (Å²) >= 11 is 0. The molecule has 1 aromatic carbocycles. The smallest absolute Gasteiger partial charge is 0.318 e. The van der Waals surface area contributed by atoms with Gasteiger partial charge in [0.1, 0.15) is 0 Å². The van der Waals surface area contributed by atoms with Gasteiger partial charge in [-0.2, -0.15) is 0 Å². The topological polar surface area (TPSA) is 92.5 Å². The Hall–Kier alpha value is -2.21. The van der Waals surface area contributed by atoms with Crippen molar-refractivity contribution in [3.8, 4) is 0 Å². The molecule has 6 heteroatoms. The molecule has 3 N–H and O–H groups in total. The number of nitrogens with one attached hydrogen (secondary N) is 1. The zero-order chi connectivity index (χ0) is 15.1. The Labute approximate surface area is 117 Å². The molecule has 1 rings (SSSR count). The second-order valence-corrected chi connectivity index (χ2v) is 4.37. The van der Waals surface area contributed by atoms with Crippen LogP contribution in [0.1, 0.15) is 25.5 Å². The average molecular weight is 277 g/mol. The first-order valence-electron chi connectivity index (χ1n) is 6.35. The van der Waals surface area contributed by atoms with Crippen molar-refractivity contribution in [2.45, 2.75) is 19.9 Å². The lowest BCUT2D eigenvalue weighted by atomic mass is 10.1. The molecule has 1 atom stereocenters. The molecule has 1 aromatic rings. The summed E-state index contributed by atoms with van der Waals surface area (Å²) in [6.45, 7) is 3.14. The van der Waals surface area contributed by atoms with E-state index in [4.69, 9.17) is 5.73 Å². The van der Waals surface area contributed by atoms with E-state index in [2.05, 4.69) is 5.32 Å². The number of nitrogens with two attached hydrogens (primary N) is 1. The predicted octanol–water partition coefficient (Wildman–Crippen LogP) is 0.198. The van der Waals surface area contributed by atoms with Crippen molar-refractivity contribution in [1.82, 2.24) is 10.2 Å². The molecule has 0 spiro atoms. The fourth-order valence-electron chi connectivity index (χ4n) is 1.74. The molecule has 1 unspecified atom stereocenters. The molecule has 0 aromatic heterocycles.